The lowest BCUT2D eigenvalue weighted by Crippen LogP contribution is -2.44. The van der Waals surface area contributed by atoms with Gasteiger partial charge in [-0.3, -0.25) is 9.59 Å². The molecule has 0 saturated carbocycles. The van der Waals surface area contributed by atoms with Gasteiger partial charge in [-0.15, -0.1) is 11.8 Å². The molecule has 0 aliphatic carbocycles. The van der Waals surface area contributed by atoms with E-state index in [-0.39, 0.29) is 17.4 Å². The number of carbonyl (C=O) groups is 3. The molecule has 1 aliphatic rings. The second-order valence-electron chi connectivity index (χ2n) is 4.13. The number of carbonyl (C=O) groups excluding carboxylic acids is 2. The Labute approximate surface area is 120 Å². The van der Waals surface area contributed by atoms with Gasteiger partial charge in [-0.1, -0.05) is 0 Å². The average molecular weight is 306 g/mol. The van der Waals surface area contributed by atoms with E-state index in [4.69, 9.17) is 14.9 Å². The van der Waals surface area contributed by atoms with Crippen molar-refractivity contribution in [3.8, 4) is 0 Å². The molecule has 0 aromatic heterocycles. The molecule has 9 heteroatoms. The van der Waals surface area contributed by atoms with E-state index in [1.165, 1.54) is 0 Å². The molecule has 1 saturated heterocycles. The Balaban J connectivity index is 2.20. The van der Waals surface area contributed by atoms with Crippen molar-refractivity contribution in [1.29, 1.82) is 0 Å². The highest BCUT2D eigenvalue weighted by atomic mass is 32.2. The number of aliphatic hydroxyl groups is 1. The standard InChI is InChI=1S/C11H18N2O6S/c14-5-8(11(17)18)12-9(15)6-20-7-10(16)13-1-3-19-4-2-13/h8,14H,1-7H2,(H,12,15)(H,17,18). The van der Waals surface area contributed by atoms with Crippen LogP contribution in [-0.4, -0.2) is 83.4 Å². The minimum Gasteiger partial charge on any atom is -0.480 e. The number of nitrogens with one attached hydrogen (secondary N) is 1. The molecule has 0 radical (unpaired) electrons. The molecule has 114 valence electrons. The van der Waals surface area contributed by atoms with E-state index >= 15 is 0 Å². The summed E-state index contributed by atoms with van der Waals surface area (Å²) in [5, 5.41) is 19.6. The van der Waals surface area contributed by atoms with E-state index in [9.17, 15) is 14.4 Å². The van der Waals surface area contributed by atoms with Crippen LogP contribution in [0, 0.1) is 0 Å². The van der Waals surface area contributed by atoms with Crippen LogP contribution in [0.1, 0.15) is 0 Å². The zero-order valence-corrected chi connectivity index (χ0v) is 11.7. The van der Waals surface area contributed by atoms with E-state index in [1.54, 1.807) is 4.90 Å². The highest BCUT2D eigenvalue weighted by Crippen LogP contribution is 2.05. The summed E-state index contributed by atoms with van der Waals surface area (Å²) >= 11 is 1.11. The number of hydrogen-bond donors (Lipinski definition) is 3. The fourth-order valence-corrected chi connectivity index (χ4v) is 2.28. The Bertz CT molecular complexity index is 359. The number of morpholine rings is 1. The van der Waals surface area contributed by atoms with Crippen LogP contribution in [0.3, 0.4) is 0 Å². The predicted molar refractivity (Wildman–Crippen MR) is 71.4 cm³/mol. The van der Waals surface area contributed by atoms with Crippen LogP contribution in [-0.2, 0) is 19.1 Å². The SMILES string of the molecule is O=C(CSCC(=O)N1CCOCC1)NC(CO)C(=O)O. The van der Waals surface area contributed by atoms with Crippen molar-refractivity contribution in [3.05, 3.63) is 0 Å². The van der Waals surface area contributed by atoms with Crippen molar-refractivity contribution >= 4 is 29.5 Å². The summed E-state index contributed by atoms with van der Waals surface area (Å²) in [6, 6.07) is -1.31. The lowest BCUT2D eigenvalue weighted by molar-refractivity contribution is -0.142. The molecule has 0 bridgehead atoms. The molecule has 0 spiro atoms. The summed E-state index contributed by atoms with van der Waals surface area (Å²) in [4.78, 5) is 35.4. The minimum absolute atomic E-state index is 0.0279. The van der Waals surface area contributed by atoms with Crippen LogP contribution in [0.25, 0.3) is 0 Å². The van der Waals surface area contributed by atoms with Crippen LogP contribution >= 0.6 is 11.8 Å². The number of hydrogen-bond acceptors (Lipinski definition) is 6. The lowest BCUT2D eigenvalue weighted by atomic mass is 10.3. The van der Waals surface area contributed by atoms with Gasteiger partial charge in [0.05, 0.1) is 31.3 Å². The normalized spacial score (nSPS) is 16.6. The van der Waals surface area contributed by atoms with Gasteiger partial charge in [0.15, 0.2) is 0 Å². The van der Waals surface area contributed by atoms with Crippen molar-refractivity contribution in [1.82, 2.24) is 10.2 Å². The molecule has 1 unspecified atom stereocenters. The van der Waals surface area contributed by atoms with Crippen LogP contribution < -0.4 is 5.32 Å². The molecular weight excluding hydrogens is 288 g/mol. The highest BCUT2D eigenvalue weighted by Gasteiger charge is 2.20. The number of aliphatic hydroxyl groups excluding tert-OH is 1. The van der Waals surface area contributed by atoms with Crippen LogP contribution in [0.2, 0.25) is 0 Å². The van der Waals surface area contributed by atoms with Crippen molar-refractivity contribution in [2.75, 3.05) is 44.4 Å². The number of carboxylic acids is 1. The van der Waals surface area contributed by atoms with Crippen molar-refractivity contribution in [3.63, 3.8) is 0 Å². The Hall–Kier alpha value is -1.32. The molecule has 1 rings (SSSR count). The molecule has 1 atom stereocenters. The van der Waals surface area contributed by atoms with Crippen LogP contribution in [0.15, 0.2) is 0 Å². The molecule has 1 heterocycles. The van der Waals surface area contributed by atoms with E-state index in [2.05, 4.69) is 5.32 Å². The molecule has 2 amide bonds. The third-order valence-electron chi connectivity index (χ3n) is 2.64. The van der Waals surface area contributed by atoms with Gasteiger partial charge in [-0.05, 0) is 0 Å². The number of aliphatic carboxylic acids is 1. The van der Waals surface area contributed by atoms with Gasteiger partial charge in [0.25, 0.3) is 0 Å². The van der Waals surface area contributed by atoms with Gasteiger partial charge < -0.3 is 25.2 Å². The number of rotatable bonds is 7. The molecule has 8 nitrogen and oxygen atoms in total. The van der Waals surface area contributed by atoms with Gasteiger partial charge in [-0.2, -0.15) is 0 Å². The van der Waals surface area contributed by atoms with Crippen molar-refractivity contribution < 1.29 is 29.3 Å². The summed E-state index contributed by atoms with van der Waals surface area (Å²) in [5.74, 6) is -1.76. The first-order valence-electron chi connectivity index (χ1n) is 6.11. The smallest absolute Gasteiger partial charge is 0.328 e. The minimum atomic E-state index is -1.31. The summed E-state index contributed by atoms with van der Waals surface area (Å²) in [5.41, 5.74) is 0. The number of thioether (sulfide) groups is 1. The first-order chi connectivity index (χ1) is 9.54. The molecule has 0 aromatic rings. The van der Waals surface area contributed by atoms with E-state index < -0.39 is 24.5 Å². The summed E-state index contributed by atoms with van der Waals surface area (Å²) in [7, 11) is 0. The Morgan fingerprint density at radius 2 is 1.90 bits per heavy atom. The summed E-state index contributed by atoms with van der Waals surface area (Å²) in [6.45, 7) is 1.48. The Morgan fingerprint density at radius 1 is 1.25 bits per heavy atom. The third kappa shape index (κ3) is 5.76. The van der Waals surface area contributed by atoms with E-state index in [0.29, 0.717) is 26.3 Å². The van der Waals surface area contributed by atoms with Gasteiger partial charge in [0, 0.05) is 13.1 Å². The van der Waals surface area contributed by atoms with Gasteiger partial charge in [-0.25, -0.2) is 4.79 Å². The molecule has 20 heavy (non-hydrogen) atoms. The van der Waals surface area contributed by atoms with E-state index in [0.717, 1.165) is 11.8 Å². The largest absolute Gasteiger partial charge is 0.480 e. The zero-order chi connectivity index (χ0) is 15.0. The van der Waals surface area contributed by atoms with Gasteiger partial charge in [0.1, 0.15) is 6.04 Å². The van der Waals surface area contributed by atoms with Crippen LogP contribution in [0.4, 0.5) is 0 Å². The second-order valence-corrected chi connectivity index (χ2v) is 5.11. The van der Waals surface area contributed by atoms with Crippen molar-refractivity contribution in [2.24, 2.45) is 0 Å². The fraction of sp³-hybridized carbons (Fsp3) is 0.727. The molecule has 3 N–H and O–H groups in total. The monoisotopic (exact) mass is 306 g/mol. The first-order valence-corrected chi connectivity index (χ1v) is 7.26. The quantitative estimate of drug-likeness (QED) is 0.505. The second kappa shape index (κ2) is 8.77. The number of nitrogens with zero attached hydrogens (tertiary/aromatic N) is 1. The highest BCUT2D eigenvalue weighted by molar-refractivity contribution is 8.00. The Morgan fingerprint density at radius 3 is 2.45 bits per heavy atom. The predicted octanol–water partition coefficient (Wildman–Crippen LogP) is -1.86. The topological polar surface area (TPSA) is 116 Å². The molecule has 1 fully saturated rings. The summed E-state index contributed by atoms with van der Waals surface area (Å²) < 4.78 is 5.13. The van der Waals surface area contributed by atoms with Gasteiger partial charge >= 0.3 is 5.97 Å². The fourth-order valence-electron chi connectivity index (χ4n) is 1.56. The third-order valence-corrected chi connectivity index (χ3v) is 3.56. The van der Waals surface area contributed by atoms with Crippen molar-refractivity contribution in [2.45, 2.75) is 6.04 Å². The Kier molecular flexibility index (Phi) is 7.34. The van der Waals surface area contributed by atoms with Crippen LogP contribution in [0.5, 0.6) is 0 Å². The average Bonchev–Trinajstić information content (AvgIpc) is 2.45. The maximum absolute atomic E-state index is 11.7. The number of amides is 2. The molecular formula is C11H18N2O6S. The number of carboxylic acid groups (broad SMARTS) is 1. The zero-order valence-electron chi connectivity index (χ0n) is 10.9. The lowest BCUT2D eigenvalue weighted by Gasteiger charge is -2.26. The first kappa shape index (κ1) is 16.7. The van der Waals surface area contributed by atoms with Gasteiger partial charge in [0.2, 0.25) is 11.8 Å². The number of ether oxygens (including phenoxy) is 1. The molecule has 0 aromatic carbocycles. The maximum atomic E-state index is 11.7. The summed E-state index contributed by atoms with van der Waals surface area (Å²) in [6.07, 6.45) is 0. The maximum Gasteiger partial charge on any atom is 0.328 e. The van der Waals surface area contributed by atoms with E-state index in [1.807, 2.05) is 0 Å². The molecule has 1 aliphatic heterocycles.